The molecule has 1 aliphatic heterocycles. The number of benzene rings is 1. The fourth-order valence-corrected chi connectivity index (χ4v) is 3.13. The molecule has 1 heterocycles. The van der Waals surface area contributed by atoms with Gasteiger partial charge < -0.3 is 19.5 Å². The molecule has 0 saturated carbocycles. The van der Waals surface area contributed by atoms with E-state index in [4.69, 9.17) is 14.2 Å². The Labute approximate surface area is 153 Å². The molecule has 2 rings (SSSR count). The molecule has 0 aromatic heterocycles. The maximum absolute atomic E-state index is 12.2. The van der Waals surface area contributed by atoms with Crippen molar-refractivity contribution in [3.8, 4) is 11.5 Å². The zero-order chi connectivity index (χ0) is 18.9. The van der Waals surface area contributed by atoms with Crippen LogP contribution in [-0.2, 0) is 9.53 Å². The van der Waals surface area contributed by atoms with E-state index in [0.29, 0.717) is 13.2 Å². The molecule has 0 aliphatic carbocycles. The van der Waals surface area contributed by atoms with E-state index in [2.05, 4.69) is 15.5 Å². The zero-order valence-corrected chi connectivity index (χ0v) is 15.5. The Balaban J connectivity index is 1.99. The van der Waals surface area contributed by atoms with E-state index in [-0.39, 0.29) is 18.5 Å². The maximum atomic E-state index is 12.2. The summed E-state index contributed by atoms with van der Waals surface area (Å²) in [6.07, 6.45) is 1.88. The van der Waals surface area contributed by atoms with Crippen LogP contribution in [0.1, 0.15) is 24.4 Å². The van der Waals surface area contributed by atoms with Crippen LogP contribution in [0.5, 0.6) is 11.5 Å². The smallest absolute Gasteiger partial charge is 0.321 e. The number of ether oxygens (including phenoxy) is 3. The number of rotatable bonds is 8. The van der Waals surface area contributed by atoms with E-state index in [1.807, 2.05) is 18.2 Å². The first-order valence-electron chi connectivity index (χ1n) is 8.61. The van der Waals surface area contributed by atoms with Crippen molar-refractivity contribution in [1.29, 1.82) is 0 Å². The molecule has 8 nitrogen and oxygen atoms in total. The van der Waals surface area contributed by atoms with Gasteiger partial charge in [0, 0.05) is 25.3 Å². The number of amides is 3. The molecule has 1 aromatic carbocycles. The first-order chi connectivity index (χ1) is 12.6. The third kappa shape index (κ3) is 5.34. The third-order valence-electron chi connectivity index (χ3n) is 4.35. The monoisotopic (exact) mass is 365 g/mol. The molecule has 26 heavy (non-hydrogen) atoms. The van der Waals surface area contributed by atoms with E-state index in [1.54, 1.807) is 21.3 Å². The van der Waals surface area contributed by atoms with Gasteiger partial charge in [-0.15, -0.1) is 0 Å². The fraction of sp³-hybridized carbons (Fsp3) is 0.556. The average Bonchev–Trinajstić information content (AvgIpc) is 3.09. The van der Waals surface area contributed by atoms with Gasteiger partial charge in [-0.3, -0.25) is 15.0 Å². The minimum absolute atomic E-state index is 0.0438. The lowest BCUT2D eigenvalue weighted by molar-refractivity contribution is -0.121. The van der Waals surface area contributed by atoms with Crippen LogP contribution in [0.15, 0.2) is 18.2 Å². The highest BCUT2D eigenvalue weighted by Gasteiger charge is 2.30. The summed E-state index contributed by atoms with van der Waals surface area (Å²) < 4.78 is 15.6. The van der Waals surface area contributed by atoms with Gasteiger partial charge in [0.15, 0.2) is 0 Å². The first-order valence-corrected chi connectivity index (χ1v) is 8.61. The van der Waals surface area contributed by atoms with Gasteiger partial charge in [-0.25, -0.2) is 4.79 Å². The lowest BCUT2D eigenvalue weighted by atomic mass is 10.0. The van der Waals surface area contributed by atoms with Crippen molar-refractivity contribution in [3.63, 3.8) is 0 Å². The van der Waals surface area contributed by atoms with Crippen molar-refractivity contribution in [2.24, 2.45) is 0 Å². The second kappa shape index (κ2) is 9.98. The molecule has 1 aliphatic rings. The van der Waals surface area contributed by atoms with Crippen LogP contribution in [0.4, 0.5) is 4.79 Å². The SMILES string of the molecule is COCCNC(=O)NC(=O)CN1CCC[C@H]1c1cc(OC)ccc1OC. The molecule has 1 aromatic rings. The molecule has 0 bridgehead atoms. The number of hydrogen-bond acceptors (Lipinski definition) is 6. The Morgan fingerprint density at radius 2 is 2.04 bits per heavy atom. The summed E-state index contributed by atoms with van der Waals surface area (Å²) in [5.41, 5.74) is 0.988. The quantitative estimate of drug-likeness (QED) is 0.676. The molecular weight excluding hydrogens is 338 g/mol. The van der Waals surface area contributed by atoms with Gasteiger partial charge in [-0.2, -0.15) is 0 Å². The van der Waals surface area contributed by atoms with E-state index >= 15 is 0 Å². The number of urea groups is 1. The van der Waals surface area contributed by atoms with Gasteiger partial charge in [-0.05, 0) is 37.6 Å². The summed E-state index contributed by atoms with van der Waals surface area (Å²) in [6, 6.07) is 5.19. The molecule has 0 spiro atoms. The van der Waals surface area contributed by atoms with E-state index in [0.717, 1.165) is 36.4 Å². The lowest BCUT2D eigenvalue weighted by Crippen LogP contribution is -2.45. The topological polar surface area (TPSA) is 89.1 Å². The molecule has 1 saturated heterocycles. The van der Waals surface area contributed by atoms with Gasteiger partial charge in [0.1, 0.15) is 11.5 Å². The first kappa shape index (κ1) is 20.0. The van der Waals surface area contributed by atoms with Crippen molar-refractivity contribution in [2.45, 2.75) is 18.9 Å². The van der Waals surface area contributed by atoms with Crippen molar-refractivity contribution < 1.29 is 23.8 Å². The lowest BCUT2D eigenvalue weighted by Gasteiger charge is -2.25. The van der Waals surface area contributed by atoms with Crippen molar-refractivity contribution in [3.05, 3.63) is 23.8 Å². The van der Waals surface area contributed by atoms with E-state index in [1.165, 1.54) is 0 Å². The van der Waals surface area contributed by atoms with Crippen molar-refractivity contribution in [1.82, 2.24) is 15.5 Å². The van der Waals surface area contributed by atoms with Crippen LogP contribution < -0.4 is 20.1 Å². The number of nitrogens with zero attached hydrogens (tertiary/aromatic N) is 1. The highest BCUT2D eigenvalue weighted by Crippen LogP contribution is 2.38. The van der Waals surface area contributed by atoms with Crippen LogP contribution in [0.25, 0.3) is 0 Å². The molecule has 2 N–H and O–H groups in total. The molecular formula is C18H27N3O5. The van der Waals surface area contributed by atoms with E-state index < -0.39 is 6.03 Å². The van der Waals surface area contributed by atoms with Crippen LogP contribution in [0.3, 0.4) is 0 Å². The fourth-order valence-electron chi connectivity index (χ4n) is 3.13. The normalized spacial score (nSPS) is 17.0. The second-order valence-corrected chi connectivity index (χ2v) is 6.03. The summed E-state index contributed by atoms with van der Waals surface area (Å²) >= 11 is 0. The Morgan fingerprint density at radius 3 is 2.73 bits per heavy atom. The van der Waals surface area contributed by atoms with Crippen LogP contribution in [0.2, 0.25) is 0 Å². The van der Waals surface area contributed by atoms with E-state index in [9.17, 15) is 9.59 Å². The predicted molar refractivity (Wildman–Crippen MR) is 96.5 cm³/mol. The highest BCUT2D eigenvalue weighted by atomic mass is 16.5. The number of carbonyl (C=O) groups excluding carboxylic acids is 2. The summed E-state index contributed by atoms with van der Waals surface area (Å²) in [6.45, 7) is 1.67. The maximum Gasteiger partial charge on any atom is 0.321 e. The largest absolute Gasteiger partial charge is 0.497 e. The summed E-state index contributed by atoms with van der Waals surface area (Å²) in [7, 11) is 4.79. The highest BCUT2D eigenvalue weighted by molar-refractivity contribution is 5.95. The minimum Gasteiger partial charge on any atom is -0.497 e. The van der Waals surface area contributed by atoms with Gasteiger partial charge in [-0.1, -0.05) is 0 Å². The molecule has 3 amide bonds. The number of nitrogens with one attached hydrogen (secondary N) is 2. The second-order valence-electron chi connectivity index (χ2n) is 6.03. The Bertz CT molecular complexity index is 623. The number of methoxy groups -OCH3 is 3. The predicted octanol–water partition coefficient (Wildman–Crippen LogP) is 1.31. The van der Waals surface area contributed by atoms with Crippen molar-refractivity contribution in [2.75, 3.05) is 47.6 Å². The van der Waals surface area contributed by atoms with Crippen molar-refractivity contribution >= 4 is 11.9 Å². The molecule has 0 unspecified atom stereocenters. The number of imide groups is 1. The molecule has 1 fully saturated rings. The van der Waals surface area contributed by atoms with Crippen LogP contribution in [0, 0.1) is 0 Å². The van der Waals surface area contributed by atoms with Crippen LogP contribution in [-0.4, -0.2) is 64.4 Å². The Hall–Kier alpha value is -2.32. The summed E-state index contributed by atoms with van der Waals surface area (Å²) in [4.78, 5) is 25.9. The standard InChI is InChI=1S/C18H27N3O5/c1-24-10-8-19-18(23)20-17(22)12-21-9-4-5-15(21)14-11-13(25-2)6-7-16(14)26-3/h6-7,11,15H,4-5,8-10,12H2,1-3H3,(H2,19,20,22,23)/t15-/m0/s1. The third-order valence-corrected chi connectivity index (χ3v) is 4.35. The van der Waals surface area contributed by atoms with Gasteiger partial charge >= 0.3 is 6.03 Å². The molecule has 1 atom stereocenters. The summed E-state index contributed by atoms with van der Waals surface area (Å²) in [5.74, 6) is 1.17. The Morgan fingerprint density at radius 1 is 1.23 bits per heavy atom. The Kier molecular flexibility index (Phi) is 7.68. The molecule has 8 heteroatoms. The summed E-state index contributed by atoms with van der Waals surface area (Å²) in [5, 5.41) is 4.91. The zero-order valence-electron chi connectivity index (χ0n) is 15.5. The molecule has 0 radical (unpaired) electrons. The number of likely N-dealkylation sites (tertiary alicyclic amines) is 1. The average molecular weight is 365 g/mol. The number of hydrogen-bond donors (Lipinski definition) is 2. The van der Waals surface area contributed by atoms with Gasteiger partial charge in [0.2, 0.25) is 5.91 Å². The van der Waals surface area contributed by atoms with Crippen LogP contribution >= 0.6 is 0 Å². The number of carbonyl (C=O) groups is 2. The van der Waals surface area contributed by atoms with Gasteiger partial charge in [0.25, 0.3) is 0 Å². The molecule has 144 valence electrons. The minimum atomic E-state index is -0.512. The van der Waals surface area contributed by atoms with Gasteiger partial charge in [0.05, 0.1) is 27.4 Å².